The van der Waals surface area contributed by atoms with Crippen molar-refractivity contribution in [3.8, 4) is 0 Å². The molecule has 1 atom stereocenters. The maximum Gasteiger partial charge on any atom is 0.125 e. The van der Waals surface area contributed by atoms with Gasteiger partial charge in [0.25, 0.3) is 0 Å². The zero-order valence-corrected chi connectivity index (χ0v) is 10.2. The highest BCUT2D eigenvalue weighted by molar-refractivity contribution is 6.30. The summed E-state index contributed by atoms with van der Waals surface area (Å²) in [7, 11) is 0. The van der Waals surface area contributed by atoms with Crippen LogP contribution in [0, 0.1) is 5.82 Å². The van der Waals surface area contributed by atoms with Gasteiger partial charge in [0.1, 0.15) is 5.82 Å². The van der Waals surface area contributed by atoms with E-state index in [1.165, 1.54) is 12.1 Å². The Bertz CT molecular complexity index is 349. The second-order valence-corrected chi connectivity index (χ2v) is 4.41. The van der Waals surface area contributed by atoms with Crippen LogP contribution in [0.5, 0.6) is 0 Å². The number of ether oxygens (including phenoxy) is 2. The first kappa shape index (κ1) is 12.8. The molecule has 0 bridgehead atoms. The first-order chi connectivity index (χ1) is 8.24. The number of hydrogen-bond acceptors (Lipinski definition) is 3. The molecule has 17 heavy (non-hydrogen) atoms. The highest BCUT2D eigenvalue weighted by atomic mass is 35.5. The molecule has 1 aromatic carbocycles. The molecule has 0 aliphatic carbocycles. The molecule has 0 spiro atoms. The molecule has 0 radical (unpaired) electrons. The van der Waals surface area contributed by atoms with Crippen LogP contribution in [-0.2, 0) is 16.0 Å². The predicted molar refractivity (Wildman–Crippen MR) is 63.7 cm³/mol. The Morgan fingerprint density at radius 2 is 2.24 bits per heavy atom. The molecule has 0 saturated carbocycles. The van der Waals surface area contributed by atoms with Crippen LogP contribution < -0.4 is 5.32 Å². The number of rotatable bonds is 4. The lowest BCUT2D eigenvalue weighted by Crippen LogP contribution is -2.37. The van der Waals surface area contributed by atoms with Gasteiger partial charge in [-0.25, -0.2) is 4.39 Å². The van der Waals surface area contributed by atoms with E-state index in [9.17, 15) is 4.39 Å². The Hall–Kier alpha value is -0.680. The molecule has 1 unspecified atom stereocenters. The molecule has 1 fully saturated rings. The lowest BCUT2D eigenvalue weighted by atomic mass is 10.2. The minimum atomic E-state index is -0.313. The molecule has 0 amide bonds. The van der Waals surface area contributed by atoms with Crippen LogP contribution in [0.1, 0.15) is 5.56 Å². The van der Waals surface area contributed by atoms with E-state index in [4.69, 9.17) is 21.1 Å². The summed E-state index contributed by atoms with van der Waals surface area (Å²) < 4.78 is 23.8. The van der Waals surface area contributed by atoms with Crippen LogP contribution in [0.2, 0.25) is 5.02 Å². The van der Waals surface area contributed by atoms with E-state index in [2.05, 4.69) is 5.32 Å². The SMILES string of the molecule is Fc1cc(Cl)cc(CNCC2COCCO2)c1. The Morgan fingerprint density at radius 1 is 1.35 bits per heavy atom. The van der Waals surface area contributed by atoms with Crippen molar-refractivity contribution in [2.24, 2.45) is 0 Å². The fraction of sp³-hybridized carbons (Fsp3) is 0.500. The van der Waals surface area contributed by atoms with Crippen molar-refractivity contribution in [3.63, 3.8) is 0 Å². The molecule has 94 valence electrons. The minimum absolute atomic E-state index is 0.0766. The third-order valence-corrected chi connectivity index (χ3v) is 2.73. The van der Waals surface area contributed by atoms with Gasteiger partial charge in [-0.1, -0.05) is 11.6 Å². The summed E-state index contributed by atoms with van der Waals surface area (Å²) in [6, 6.07) is 4.51. The number of nitrogens with one attached hydrogen (secondary N) is 1. The van der Waals surface area contributed by atoms with E-state index in [0.717, 1.165) is 5.56 Å². The summed E-state index contributed by atoms with van der Waals surface area (Å²) in [5.41, 5.74) is 0.826. The summed E-state index contributed by atoms with van der Waals surface area (Å²) in [6.07, 6.45) is 0.0766. The second-order valence-electron chi connectivity index (χ2n) is 3.98. The monoisotopic (exact) mass is 259 g/mol. The van der Waals surface area contributed by atoms with Gasteiger partial charge in [-0.05, 0) is 23.8 Å². The molecule has 1 N–H and O–H groups in total. The third-order valence-electron chi connectivity index (χ3n) is 2.51. The van der Waals surface area contributed by atoms with Gasteiger partial charge in [0.2, 0.25) is 0 Å². The number of halogens is 2. The summed E-state index contributed by atoms with van der Waals surface area (Å²) in [5, 5.41) is 3.61. The predicted octanol–water partition coefficient (Wildman–Crippen LogP) is 1.98. The van der Waals surface area contributed by atoms with Crippen molar-refractivity contribution in [1.29, 1.82) is 0 Å². The Balaban J connectivity index is 1.77. The maximum atomic E-state index is 13.1. The molecule has 0 aromatic heterocycles. The molecular weight excluding hydrogens is 245 g/mol. The smallest absolute Gasteiger partial charge is 0.125 e. The molecule has 3 nitrogen and oxygen atoms in total. The van der Waals surface area contributed by atoms with Crippen LogP contribution in [0.3, 0.4) is 0 Å². The van der Waals surface area contributed by atoms with E-state index in [1.807, 2.05) is 0 Å². The van der Waals surface area contributed by atoms with Crippen molar-refractivity contribution in [3.05, 3.63) is 34.6 Å². The summed E-state index contributed by atoms with van der Waals surface area (Å²) in [6.45, 7) is 3.16. The standard InChI is InChI=1S/C12H15ClFNO2/c13-10-3-9(4-11(14)5-10)6-15-7-12-8-16-1-2-17-12/h3-5,12,15H,1-2,6-8H2. The van der Waals surface area contributed by atoms with Crippen molar-refractivity contribution < 1.29 is 13.9 Å². The van der Waals surface area contributed by atoms with E-state index in [-0.39, 0.29) is 11.9 Å². The van der Waals surface area contributed by atoms with Crippen molar-refractivity contribution in [2.75, 3.05) is 26.4 Å². The molecule has 1 heterocycles. The Kier molecular flexibility index (Phi) is 4.74. The highest BCUT2D eigenvalue weighted by Crippen LogP contribution is 2.13. The van der Waals surface area contributed by atoms with Crippen LogP contribution in [0.4, 0.5) is 4.39 Å². The lowest BCUT2D eigenvalue weighted by Gasteiger charge is -2.23. The van der Waals surface area contributed by atoms with Crippen LogP contribution in [0.25, 0.3) is 0 Å². The van der Waals surface area contributed by atoms with Crippen molar-refractivity contribution >= 4 is 11.6 Å². The quantitative estimate of drug-likeness (QED) is 0.897. The van der Waals surface area contributed by atoms with Crippen LogP contribution in [0.15, 0.2) is 18.2 Å². The Labute approximate surface area is 105 Å². The van der Waals surface area contributed by atoms with Gasteiger partial charge in [0.15, 0.2) is 0 Å². The van der Waals surface area contributed by atoms with Gasteiger partial charge in [-0.3, -0.25) is 0 Å². The van der Waals surface area contributed by atoms with E-state index < -0.39 is 0 Å². The molecule has 2 rings (SSSR count). The molecule has 1 aromatic rings. The first-order valence-corrected chi connectivity index (χ1v) is 5.97. The zero-order valence-electron chi connectivity index (χ0n) is 9.42. The summed E-state index contributed by atoms with van der Waals surface area (Å²) in [4.78, 5) is 0. The first-order valence-electron chi connectivity index (χ1n) is 5.59. The summed E-state index contributed by atoms with van der Waals surface area (Å²) in [5.74, 6) is -0.313. The van der Waals surface area contributed by atoms with Crippen LogP contribution in [-0.4, -0.2) is 32.5 Å². The van der Waals surface area contributed by atoms with Gasteiger partial charge in [0.05, 0.1) is 25.9 Å². The average Bonchev–Trinajstić information content (AvgIpc) is 2.29. The van der Waals surface area contributed by atoms with E-state index in [1.54, 1.807) is 6.07 Å². The molecular formula is C12H15ClFNO2. The van der Waals surface area contributed by atoms with Gasteiger partial charge in [-0.15, -0.1) is 0 Å². The van der Waals surface area contributed by atoms with E-state index >= 15 is 0 Å². The van der Waals surface area contributed by atoms with Crippen molar-refractivity contribution in [2.45, 2.75) is 12.6 Å². The highest BCUT2D eigenvalue weighted by Gasteiger charge is 2.13. The molecule has 1 saturated heterocycles. The summed E-state index contributed by atoms with van der Waals surface area (Å²) >= 11 is 5.77. The Morgan fingerprint density at radius 3 is 2.94 bits per heavy atom. The third kappa shape index (κ3) is 4.24. The van der Waals surface area contributed by atoms with Gasteiger partial charge in [0, 0.05) is 18.1 Å². The number of benzene rings is 1. The molecule has 1 aliphatic heterocycles. The van der Waals surface area contributed by atoms with Gasteiger partial charge in [-0.2, -0.15) is 0 Å². The topological polar surface area (TPSA) is 30.5 Å². The second kappa shape index (κ2) is 6.31. The molecule has 5 heteroatoms. The van der Waals surface area contributed by atoms with E-state index in [0.29, 0.717) is 37.9 Å². The van der Waals surface area contributed by atoms with Crippen LogP contribution >= 0.6 is 11.6 Å². The minimum Gasteiger partial charge on any atom is -0.376 e. The fourth-order valence-electron chi connectivity index (χ4n) is 1.74. The van der Waals surface area contributed by atoms with Gasteiger partial charge < -0.3 is 14.8 Å². The lowest BCUT2D eigenvalue weighted by molar-refractivity contribution is -0.0864. The number of hydrogen-bond donors (Lipinski definition) is 1. The fourth-order valence-corrected chi connectivity index (χ4v) is 1.99. The average molecular weight is 260 g/mol. The zero-order chi connectivity index (χ0) is 12.1. The normalized spacial score (nSPS) is 20.5. The van der Waals surface area contributed by atoms with Gasteiger partial charge >= 0.3 is 0 Å². The molecule has 1 aliphatic rings. The maximum absolute atomic E-state index is 13.1. The largest absolute Gasteiger partial charge is 0.376 e. The van der Waals surface area contributed by atoms with Crippen molar-refractivity contribution in [1.82, 2.24) is 5.32 Å².